The van der Waals surface area contributed by atoms with Crippen molar-refractivity contribution in [2.45, 2.75) is 6.92 Å². The Morgan fingerprint density at radius 3 is 2.75 bits per heavy atom. The number of rotatable bonds is 2. The minimum Gasteiger partial charge on any atom is -0.275 e. The molecule has 6 heteroatoms. The fraction of sp³-hybridized carbons (Fsp3) is 0.200. The van der Waals surface area contributed by atoms with Crippen molar-refractivity contribution in [1.82, 2.24) is 14.8 Å². The average Bonchev–Trinajstić information content (AvgIpc) is 2.64. The SMILES string of the molecule is Cc1c(-c2ccn(C)n2)cncc1[N+](=O)[O-]. The summed E-state index contributed by atoms with van der Waals surface area (Å²) in [6.07, 6.45) is 4.63. The Kier molecular flexibility index (Phi) is 2.40. The summed E-state index contributed by atoms with van der Waals surface area (Å²) in [6, 6.07) is 1.80. The molecule has 0 saturated carbocycles. The minimum absolute atomic E-state index is 0.0168. The summed E-state index contributed by atoms with van der Waals surface area (Å²) in [5, 5.41) is 14.9. The van der Waals surface area contributed by atoms with Gasteiger partial charge in [0.05, 0.1) is 10.6 Å². The molecule has 6 nitrogen and oxygen atoms in total. The van der Waals surface area contributed by atoms with E-state index in [1.165, 1.54) is 6.20 Å². The van der Waals surface area contributed by atoms with Crippen molar-refractivity contribution >= 4 is 5.69 Å². The lowest BCUT2D eigenvalue weighted by Gasteiger charge is -2.02. The number of pyridine rings is 1. The van der Waals surface area contributed by atoms with E-state index >= 15 is 0 Å². The lowest BCUT2D eigenvalue weighted by Crippen LogP contribution is -1.96. The fourth-order valence-electron chi connectivity index (χ4n) is 1.52. The highest BCUT2D eigenvalue weighted by atomic mass is 16.6. The first-order chi connectivity index (χ1) is 7.59. The van der Waals surface area contributed by atoms with E-state index in [2.05, 4.69) is 10.1 Å². The molecule has 0 N–H and O–H groups in total. The molecule has 0 aliphatic rings. The normalized spacial score (nSPS) is 10.4. The van der Waals surface area contributed by atoms with E-state index < -0.39 is 4.92 Å². The van der Waals surface area contributed by atoms with Crippen molar-refractivity contribution in [3.05, 3.63) is 40.3 Å². The number of aromatic nitrogens is 3. The van der Waals surface area contributed by atoms with Crippen molar-refractivity contribution in [2.24, 2.45) is 7.05 Å². The summed E-state index contributed by atoms with van der Waals surface area (Å²) in [6.45, 7) is 1.70. The fourth-order valence-corrected chi connectivity index (χ4v) is 1.52. The molecule has 2 heterocycles. The number of hydrogen-bond acceptors (Lipinski definition) is 4. The van der Waals surface area contributed by atoms with E-state index in [4.69, 9.17) is 0 Å². The first-order valence-corrected chi connectivity index (χ1v) is 4.68. The molecule has 0 bridgehead atoms. The van der Waals surface area contributed by atoms with Gasteiger partial charge in [-0.3, -0.25) is 19.8 Å². The number of nitrogens with zero attached hydrogens (tertiary/aromatic N) is 4. The van der Waals surface area contributed by atoms with E-state index in [0.29, 0.717) is 16.8 Å². The molecule has 0 aliphatic heterocycles. The Hall–Kier alpha value is -2.24. The Balaban J connectivity index is 2.58. The quantitative estimate of drug-likeness (QED) is 0.568. The molecule has 0 aromatic carbocycles. The van der Waals surface area contributed by atoms with Crippen molar-refractivity contribution in [1.29, 1.82) is 0 Å². The maximum absolute atomic E-state index is 10.8. The average molecular weight is 218 g/mol. The van der Waals surface area contributed by atoms with Crippen LogP contribution in [0.3, 0.4) is 0 Å². The topological polar surface area (TPSA) is 73.8 Å². The first kappa shape index (κ1) is 10.3. The lowest BCUT2D eigenvalue weighted by molar-refractivity contribution is -0.385. The van der Waals surface area contributed by atoms with E-state index in [-0.39, 0.29) is 5.69 Å². The number of nitro groups is 1. The molecule has 0 amide bonds. The maximum Gasteiger partial charge on any atom is 0.291 e. The van der Waals surface area contributed by atoms with E-state index in [9.17, 15) is 10.1 Å². The molecular formula is C10H10N4O2. The van der Waals surface area contributed by atoms with Crippen LogP contribution < -0.4 is 0 Å². The van der Waals surface area contributed by atoms with Crippen LogP contribution in [-0.2, 0) is 7.05 Å². The second-order valence-electron chi connectivity index (χ2n) is 3.46. The molecule has 0 fully saturated rings. The van der Waals surface area contributed by atoms with Gasteiger partial charge in [-0.1, -0.05) is 0 Å². The number of hydrogen-bond donors (Lipinski definition) is 0. The van der Waals surface area contributed by atoms with Crippen LogP contribution in [0.1, 0.15) is 5.56 Å². The zero-order valence-corrected chi connectivity index (χ0v) is 8.91. The monoisotopic (exact) mass is 218 g/mol. The summed E-state index contributed by atoms with van der Waals surface area (Å²) in [5.41, 5.74) is 1.98. The number of aryl methyl sites for hydroxylation is 1. The van der Waals surface area contributed by atoms with Gasteiger partial charge in [0, 0.05) is 30.6 Å². The van der Waals surface area contributed by atoms with Gasteiger partial charge in [-0.2, -0.15) is 5.10 Å². The highest BCUT2D eigenvalue weighted by Crippen LogP contribution is 2.26. The maximum atomic E-state index is 10.8. The highest BCUT2D eigenvalue weighted by molar-refractivity contribution is 5.66. The highest BCUT2D eigenvalue weighted by Gasteiger charge is 2.16. The third-order valence-corrected chi connectivity index (χ3v) is 2.37. The molecule has 0 saturated heterocycles. The van der Waals surface area contributed by atoms with Gasteiger partial charge in [-0.05, 0) is 13.0 Å². The van der Waals surface area contributed by atoms with Crippen LogP contribution in [-0.4, -0.2) is 19.7 Å². The van der Waals surface area contributed by atoms with Gasteiger partial charge in [-0.25, -0.2) is 0 Å². The van der Waals surface area contributed by atoms with Crippen molar-refractivity contribution in [3.8, 4) is 11.3 Å². The van der Waals surface area contributed by atoms with Crippen LogP contribution in [0.25, 0.3) is 11.3 Å². The van der Waals surface area contributed by atoms with Gasteiger partial charge in [0.25, 0.3) is 5.69 Å². The molecular weight excluding hydrogens is 208 g/mol. The largest absolute Gasteiger partial charge is 0.291 e. The summed E-state index contributed by atoms with van der Waals surface area (Å²) in [5.74, 6) is 0. The van der Waals surface area contributed by atoms with Crippen molar-refractivity contribution in [3.63, 3.8) is 0 Å². The predicted molar refractivity (Wildman–Crippen MR) is 57.8 cm³/mol. The van der Waals surface area contributed by atoms with Gasteiger partial charge in [-0.15, -0.1) is 0 Å². The molecule has 2 rings (SSSR count). The van der Waals surface area contributed by atoms with Crippen LogP contribution in [0.2, 0.25) is 0 Å². The van der Waals surface area contributed by atoms with Crippen molar-refractivity contribution < 1.29 is 4.92 Å². The van der Waals surface area contributed by atoms with Gasteiger partial charge < -0.3 is 0 Å². The molecule has 2 aromatic heterocycles. The second-order valence-corrected chi connectivity index (χ2v) is 3.46. The smallest absolute Gasteiger partial charge is 0.275 e. The Morgan fingerprint density at radius 2 is 2.19 bits per heavy atom. The Morgan fingerprint density at radius 1 is 1.44 bits per heavy atom. The van der Waals surface area contributed by atoms with Gasteiger partial charge in [0.1, 0.15) is 6.20 Å². The summed E-state index contributed by atoms with van der Waals surface area (Å²) in [4.78, 5) is 14.2. The van der Waals surface area contributed by atoms with Crippen LogP contribution in [0.5, 0.6) is 0 Å². The molecule has 0 aliphatic carbocycles. The summed E-state index contributed by atoms with van der Waals surface area (Å²) in [7, 11) is 1.80. The lowest BCUT2D eigenvalue weighted by atomic mass is 10.1. The molecule has 2 aromatic rings. The molecule has 0 spiro atoms. The standard InChI is InChI=1S/C10H10N4O2/c1-7-8(9-3-4-13(2)12-9)5-11-6-10(7)14(15)16/h3-6H,1-2H3. The van der Waals surface area contributed by atoms with Crippen molar-refractivity contribution in [2.75, 3.05) is 0 Å². The van der Waals surface area contributed by atoms with E-state index in [0.717, 1.165) is 0 Å². The zero-order valence-electron chi connectivity index (χ0n) is 8.91. The van der Waals surface area contributed by atoms with Crippen LogP contribution in [0.15, 0.2) is 24.7 Å². The molecule has 0 unspecified atom stereocenters. The summed E-state index contributed by atoms with van der Waals surface area (Å²) >= 11 is 0. The molecule has 82 valence electrons. The second kappa shape index (κ2) is 3.73. The summed E-state index contributed by atoms with van der Waals surface area (Å²) < 4.78 is 1.65. The van der Waals surface area contributed by atoms with Crippen LogP contribution >= 0.6 is 0 Å². The minimum atomic E-state index is -0.436. The van der Waals surface area contributed by atoms with Gasteiger partial charge >= 0.3 is 0 Å². The first-order valence-electron chi connectivity index (χ1n) is 4.68. The van der Waals surface area contributed by atoms with Crippen LogP contribution in [0, 0.1) is 17.0 Å². The molecule has 0 radical (unpaired) electrons. The van der Waals surface area contributed by atoms with E-state index in [1.54, 1.807) is 37.1 Å². The van der Waals surface area contributed by atoms with E-state index in [1.807, 2.05) is 0 Å². The zero-order chi connectivity index (χ0) is 11.7. The third-order valence-electron chi connectivity index (χ3n) is 2.37. The van der Waals surface area contributed by atoms with Gasteiger partial charge in [0.2, 0.25) is 0 Å². The predicted octanol–water partition coefficient (Wildman–Crippen LogP) is 1.70. The van der Waals surface area contributed by atoms with Gasteiger partial charge in [0.15, 0.2) is 0 Å². The Bertz CT molecular complexity index is 548. The molecule has 16 heavy (non-hydrogen) atoms. The molecule has 0 atom stereocenters. The van der Waals surface area contributed by atoms with Crippen LogP contribution in [0.4, 0.5) is 5.69 Å². The third kappa shape index (κ3) is 1.65. The Labute approximate surface area is 91.7 Å².